The van der Waals surface area contributed by atoms with E-state index in [9.17, 15) is 19.5 Å². The third-order valence-electron chi connectivity index (χ3n) is 3.87. The fourth-order valence-corrected chi connectivity index (χ4v) is 2.63. The van der Waals surface area contributed by atoms with Gasteiger partial charge >= 0.3 is 5.97 Å². The van der Waals surface area contributed by atoms with Crippen molar-refractivity contribution in [1.82, 2.24) is 10.2 Å². The maximum atomic E-state index is 12.1. The Morgan fingerprint density at radius 1 is 1.46 bits per heavy atom. The van der Waals surface area contributed by atoms with E-state index in [0.29, 0.717) is 18.6 Å². The Morgan fingerprint density at radius 2 is 2.08 bits per heavy atom. The molecular formula is C16H26N2O5S. The molecule has 1 atom stereocenters. The highest BCUT2D eigenvalue weighted by molar-refractivity contribution is 7.80. The van der Waals surface area contributed by atoms with Crippen LogP contribution in [0.1, 0.15) is 40.5 Å². The highest BCUT2D eigenvalue weighted by Crippen LogP contribution is 2.22. The zero-order valence-corrected chi connectivity index (χ0v) is 15.5. The van der Waals surface area contributed by atoms with Crippen LogP contribution in [0, 0.1) is 0 Å². The molecule has 1 saturated heterocycles. The van der Waals surface area contributed by atoms with Crippen molar-refractivity contribution >= 4 is 30.4 Å². The number of rotatable bonds is 9. The molecule has 0 aliphatic carbocycles. The molecule has 136 valence electrons. The minimum atomic E-state index is -1.17. The second-order valence-electron chi connectivity index (χ2n) is 6.35. The number of carbonyl (C=O) groups excluding carboxylic acids is 2. The number of nitrogens with zero attached hydrogens (tertiary/aromatic N) is 1. The zero-order chi connectivity index (χ0) is 18.5. The van der Waals surface area contributed by atoms with E-state index in [-0.39, 0.29) is 30.3 Å². The lowest BCUT2D eigenvalue weighted by molar-refractivity contribution is -0.149. The number of ether oxygens (including phenoxy) is 1. The normalized spacial score (nSPS) is 18.8. The van der Waals surface area contributed by atoms with Crippen molar-refractivity contribution in [2.24, 2.45) is 0 Å². The molecule has 2 amide bonds. The van der Waals surface area contributed by atoms with Gasteiger partial charge in [-0.15, -0.1) is 0 Å². The molecule has 0 unspecified atom stereocenters. The second kappa shape index (κ2) is 8.53. The molecule has 24 heavy (non-hydrogen) atoms. The van der Waals surface area contributed by atoms with Crippen molar-refractivity contribution in [2.45, 2.75) is 52.2 Å². The molecule has 0 radical (unpaired) electrons. The van der Waals surface area contributed by atoms with Gasteiger partial charge in [0.2, 0.25) is 5.91 Å². The number of β-lactam (4-membered cyclic amide) rings is 1. The van der Waals surface area contributed by atoms with Gasteiger partial charge in [-0.25, -0.2) is 4.79 Å². The maximum Gasteiger partial charge on any atom is 0.352 e. The van der Waals surface area contributed by atoms with E-state index in [0.717, 1.165) is 0 Å². The van der Waals surface area contributed by atoms with Crippen LogP contribution in [0.4, 0.5) is 0 Å². The van der Waals surface area contributed by atoms with E-state index >= 15 is 0 Å². The second-order valence-corrected chi connectivity index (χ2v) is 6.67. The summed E-state index contributed by atoms with van der Waals surface area (Å²) >= 11 is 4.05. The van der Waals surface area contributed by atoms with E-state index in [4.69, 9.17) is 4.74 Å². The van der Waals surface area contributed by atoms with E-state index < -0.39 is 23.5 Å². The van der Waals surface area contributed by atoms with E-state index in [1.54, 1.807) is 6.92 Å². The molecule has 0 bridgehead atoms. The monoisotopic (exact) mass is 358 g/mol. The lowest BCUT2D eigenvalue weighted by atomic mass is 10.0. The lowest BCUT2D eigenvalue weighted by Gasteiger charge is -2.39. The van der Waals surface area contributed by atoms with Crippen LogP contribution < -0.4 is 5.32 Å². The first-order valence-corrected chi connectivity index (χ1v) is 8.54. The van der Waals surface area contributed by atoms with Crippen molar-refractivity contribution in [3.05, 3.63) is 11.3 Å². The number of aliphatic carboxylic acids is 1. The van der Waals surface area contributed by atoms with Gasteiger partial charge in [-0.1, -0.05) is 0 Å². The van der Waals surface area contributed by atoms with E-state index in [2.05, 4.69) is 17.9 Å². The predicted molar refractivity (Wildman–Crippen MR) is 92.8 cm³/mol. The molecular weight excluding hydrogens is 332 g/mol. The van der Waals surface area contributed by atoms with Crippen molar-refractivity contribution in [3.63, 3.8) is 0 Å². The number of likely N-dealkylation sites (tertiary alicyclic amines) is 1. The Hall–Kier alpha value is -1.54. The number of hydrogen-bond acceptors (Lipinski definition) is 5. The maximum absolute atomic E-state index is 12.1. The van der Waals surface area contributed by atoms with Gasteiger partial charge in [-0.3, -0.25) is 9.59 Å². The van der Waals surface area contributed by atoms with Crippen LogP contribution in [-0.2, 0) is 19.1 Å². The summed E-state index contributed by atoms with van der Waals surface area (Å²) in [5, 5.41) is 11.9. The highest BCUT2D eigenvalue weighted by Gasteiger charge is 2.42. The fraction of sp³-hybridized carbons (Fsp3) is 0.688. The van der Waals surface area contributed by atoms with Crippen LogP contribution in [0.5, 0.6) is 0 Å². The molecule has 1 aliphatic heterocycles. The number of nitrogens with one attached hydrogen (secondary N) is 1. The summed E-state index contributed by atoms with van der Waals surface area (Å²) in [6.07, 6.45) is 0.782. The minimum Gasteiger partial charge on any atom is -0.477 e. The van der Waals surface area contributed by atoms with Crippen LogP contribution in [-0.4, -0.2) is 58.3 Å². The Bertz CT molecular complexity index is 545. The summed E-state index contributed by atoms with van der Waals surface area (Å²) in [5.41, 5.74) is 0.0466. The summed E-state index contributed by atoms with van der Waals surface area (Å²) in [7, 11) is 0. The van der Waals surface area contributed by atoms with Crippen LogP contribution in [0.15, 0.2) is 11.3 Å². The first kappa shape index (κ1) is 20.5. The number of hydrogen-bond donors (Lipinski definition) is 3. The van der Waals surface area contributed by atoms with Crippen LogP contribution in [0.25, 0.3) is 0 Å². The van der Waals surface area contributed by atoms with Crippen molar-refractivity contribution in [2.75, 3.05) is 18.9 Å². The van der Waals surface area contributed by atoms with Crippen molar-refractivity contribution in [3.8, 4) is 0 Å². The third-order valence-corrected chi connectivity index (χ3v) is 4.34. The molecule has 8 heteroatoms. The Labute approximate surface area is 147 Å². The van der Waals surface area contributed by atoms with Crippen LogP contribution in [0.3, 0.4) is 0 Å². The molecule has 1 aliphatic rings. The molecule has 1 fully saturated rings. The number of carboxylic acid groups (broad SMARTS) is 1. The number of amides is 2. The van der Waals surface area contributed by atoms with Crippen molar-refractivity contribution < 1.29 is 24.2 Å². The zero-order valence-electron chi connectivity index (χ0n) is 14.6. The summed E-state index contributed by atoms with van der Waals surface area (Å²) in [4.78, 5) is 36.6. The highest BCUT2D eigenvalue weighted by atomic mass is 32.1. The van der Waals surface area contributed by atoms with Crippen LogP contribution in [0.2, 0.25) is 0 Å². The Morgan fingerprint density at radius 3 is 2.54 bits per heavy atom. The van der Waals surface area contributed by atoms with Gasteiger partial charge in [-0.2, -0.15) is 12.6 Å². The van der Waals surface area contributed by atoms with Gasteiger partial charge < -0.3 is 20.1 Å². The Balaban J connectivity index is 2.55. The van der Waals surface area contributed by atoms with E-state index in [1.165, 1.54) is 4.90 Å². The van der Waals surface area contributed by atoms with Gasteiger partial charge in [-0.05, 0) is 39.7 Å². The van der Waals surface area contributed by atoms with Crippen molar-refractivity contribution in [1.29, 1.82) is 0 Å². The number of carboxylic acids is 1. The van der Waals surface area contributed by atoms with Gasteiger partial charge in [0.1, 0.15) is 11.7 Å². The Kier molecular flexibility index (Phi) is 7.28. The summed E-state index contributed by atoms with van der Waals surface area (Å²) < 4.78 is 5.53. The average molecular weight is 358 g/mol. The quantitative estimate of drug-likeness (QED) is 0.327. The predicted octanol–water partition coefficient (Wildman–Crippen LogP) is 1.20. The summed E-state index contributed by atoms with van der Waals surface area (Å²) in [6.45, 7) is 8.05. The first-order valence-electron chi connectivity index (χ1n) is 7.91. The lowest BCUT2D eigenvalue weighted by Crippen LogP contribution is -2.64. The van der Waals surface area contributed by atoms with Gasteiger partial charge in [0, 0.05) is 18.8 Å². The number of carbonyl (C=O) groups is 3. The first-order chi connectivity index (χ1) is 11.1. The largest absolute Gasteiger partial charge is 0.477 e. The molecule has 0 aromatic heterocycles. The number of thiol groups is 1. The van der Waals surface area contributed by atoms with E-state index in [1.807, 2.05) is 20.8 Å². The molecule has 7 nitrogen and oxygen atoms in total. The SMILES string of the molecule is CCOC(C)(C)CCC(=O)N[C@@H]1CN(/C(C(=O)O)=C(/C)CS)C1=O. The van der Waals surface area contributed by atoms with Gasteiger partial charge in [0.15, 0.2) is 0 Å². The molecule has 0 aromatic rings. The summed E-state index contributed by atoms with van der Waals surface area (Å²) in [5.74, 6) is -1.58. The van der Waals surface area contributed by atoms with Gasteiger partial charge in [0.25, 0.3) is 5.91 Å². The smallest absolute Gasteiger partial charge is 0.352 e. The fourth-order valence-electron chi connectivity index (χ4n) is 2.48. The van der Waals surface area contributed by atoms with Crippen LogP contribution >= 0.6 is 12.6 Å². The molecule has 0 saturated carbocycles. The minimum absolute atomic E-state index is 0.0574. The summed E-state index contributed by atoms with van der Waals surface area (Å²) in [6, 6.07) is -0.672. The molecule has 0 spiro atoms. The molecule has 1 heterocycles. The molecule has 2 N–H and O–H groups in total. The van der Waals surface area contributed by atoms with Gasteiger partial charge in [0.05, 0.1) is 12.1 Å². The third kappa shape index (κ3) is 5.24. The topological polar surface area (TPSA) is 95.9 Å². The molecule has 1 rings (SSSR count). The molecule has 0 aromatic carbocycles. The standard InChI is InChI=1S/C16H26N2O5S/c1-5-23-16(3,4)7-6-12(19)17-11-8-18(14(11)20)13(15(21)22)10(2)9-24/h11,24H,5-9H2,1-4H3,(H,17,19)(H,21,22)/b13-10-/t11-/m1/s1. The average Bonchev–Trinajstić information content (AvgIpc) is 2.50.